The molecule has 4 atom stereocenters. The maximum atomic E-state index is 14.4. The van der Waals surface area contributed by atoms with E-state index in [1.807, 2.05) is 0 Å². The number of nitrogens with two attached hydrogens (primary N) is 2. The Labute approximate surface area is 123 Å². The van der Waals surface area contributed by atoms with Crippen LogP contribution in [-0.4, -0.2) is 54.2 Å². The second-order valence-electron chi connectivity index (χ2n) is 4.88. The number of alkyl halides is 1. The first-order valence-corrected chi connectivity index (χ1v) is 6.27. The van der Waals surface area contributed by atoms with Crippen molar-refractivity contribution >= 4 is 22.9 Å². The van der Waals surface area contributed by atoms with Gasteiger partial charge in [-0.25, -0.2) is 9.37 Å². The minimum absolute atomic E-state index is 0.0283. The molecule has 0 radical (unpaired) electrons. The molecule has 0 saturated carbocycles. The molecule has 2 aromatic heterocycles. The van der Waals surface area contributed by atoms with Gasteiger partial charge in [0.05, 0.1) is 12.9 Å². The zero-order valence-corrected chi connectivity index (χ0v) is 11.2. The number of halogens is 1. The molecule has 1 aliphatic heterocycles. The van der Waals surface area contributed by atoms with Gasteiger partial charge in [0, 0.05) is 0 Å². The lowest BCUT2D eigenvalue weighted by atomic mass is 9.98. The van der Waals surface area contributed by atoms with Crippen molar-refractivity contribution in [2.24, 2.45) is 0 Å². The van der Waals surface area contributed by atoms with Gasteiger partial charge in [-0.3, -0.25) is 4.57 Å². The molecule has 1 aliphatic rings. The van der Waals surface area contributed by atoms with Crippen LogP contribution >= 0.6 is 0 Å². The predicted molar refractivity (Wildman–Crippen MR) is 73.8 cm³/mol. The van der Waals surface area contributed by atoms with Crippen molar-refractivity contribution in [2.75, 3.05) is 18.1 Å². The van der Waals surface area contributed by atoms with Gasteiger partial charge in [-0.2, -0.15) is 9.97 Å². The van der Waals surface area contributed by atoms with Crippen LogP contribution in [0.15, 0.2) is 6.33 Å². The monoisotopic (exact) mass is 308 g/mol. The summed E-state index contributed by atoms with van der Waals surface area (Å²) >= 11 is 0. The van der Waals surface area contributed by atoms with Crippen LogP contribution in [0.3, 0.4) is 0 Å². The van der Waals surface area contributed by atoms with Gasteiger partial charge in [-0.05, 0) is 0 Å². The van der Waals surface area contributed by atoms with Gasteiger partial charge in [0.25, 0.3) is 0 Å². The van der Waals surface area contributed by atoms with Gasteiger partial charge in [-0.15, -0.1) is 6.42 Å². The molecule has 22 heavy (non-hydrogen) atoms. The van der Waals surface area contributed by atoms with E-state index in [1.165, 1.54) is 10.9 Å². The third-order valence-corrected chi connectivity index (χ3v) is 3.60. The molecule has 3 rings (SSSR count). The van der Waals surface area contributed by atoms with E-state index >= 15 is 0 Å². The Morgan fingerprint density at radius 1 is 1.50 bits per heavy atom. The number of hydrogen-bond donors (Lipinski definition) is 4. The molecule has 1 saturated heterocycles. The average Bonchev–Trinajstić information content (AvgIpc) is 3.01. The van der Waals surface area contributed by atoms with Gasteiger partial charge in [0.15, 0.2) is 29.5 Å². The summed E-state index contributed by atoms with van der Waals surface area (Å²) in [6.45, 7) is -0.743. The molecular weight excluding hydrogens is 295 g/mol. The van der Waals surface area contributed by atoms with E-state index in [9.17, 15) is 14.6 Å². The fraction of sp³-hybridized carbons (Fsp3) is 0.417. The molecule has 0 aromatic carbocycles. The van der Waals surface area contributed by atoms with Gasteiger partial charge >= 0.3 is 0 Å². The number of aliphatic hydroxyl groups excluding tert-OH is 2. The minimum Gasteiger partial charge on any atom is -0.392 e. The van der Waals surface area contributed by atoms with E-state index in [0.29, 0.717) is 0 Å². The van der Waals surface area contributed by atoms with Crippen LogP contribution < -0.4 is 11.5 Å². The summed E-state index contributed by atoms with van der Waals surface area (Å²) in [5.41, 5.74) is 9.70. The Morgan fingerprint density at radius 2 is 2.23 bits per heavy atom. The second kappa shape index (κ2) is 4.77. The number of ether oxygens (including phenoxy) is 1. The first-order chi connectivity index (χ1) is 10.4. The lowest BCUT2D eigenvalue weighted by Gasteiger charge is -2.23. The Bertz CT molecular complexity index is 774. The second-order valence-corrected chi connectivity index (χ2v) is 4.88. The topological polar surface area (TPSA) is 145 Å². The minimum atomic E-state index is -1.90. The van der Waals surface area contributed by atoms with Crippen molar-refractivity contribution in [3.8, 4) is 12.3 Å². The number of hydrogen-bond acceptors (Lipinski definition) is 8. The number of anilines is 2. The molecule has 0 spiro atoms. The van der Waals surface area contributed by atoms with E-state index < -0.39 is 30.7 Å². The highest BCUT2D eigenvalue weighted by Crippen LogP contribution is 2.39. The first-order valence-electron chi connectivity index (χ1n) is 6.27. The van der Waals surface area contributed by atoms with E-state index in [0.717, 1.165) is 0 Å². The van der Waals surface area contributed by atoms with Crippen LogP contribution in [0.4, 0.5) is 16.2 Å². The maximum absolute atomic E-state index is 14.4. The summed E-state index contributed by atoms with van der Waals surface area (Å²) in [7, 11) is 0. The standard InChI is InChI=1S/C12H13FN6O3/c1-2-12(3-20)7(21)5(13)10(22-12)19-4-16-6-8(14)17-11(15)18-9(6)19/h1,4-5,7,10,20-21H,3H2,(H4,14,15,17,18). The lowest BCUT2D eigenvalue weighted by molar-refractivity contribution is -0.0900. The number of nitrogen functional groups attached to an aromatic ring is 2. The van der Waals surface area contributed by atoms with Gasteiger partial charge in [0.1, 0.15) is 11.6 Å². The fourth-order valence-electron chi connectivity index (χ4n) is 2.41. The van der Waals surface area contributed by atoms with Crippen molar-refractivity contribution in [1.29, 1.82) is 0 Å². The number of fused-ring (bicyclic) bond motifs is 1. The maximum Gasteiger partial charge on any atom is 0.224 e. The van der Waals surface area contributed by atoms with E-state index in [1.54, 1.807) is 0 Å². The molecule has 10 heteroatoms. The van der Waals surface area contributed by atoms with Crippen molar-refractivity contribution < 1.29 is 19.3 Å². The van der Waals surface area contributed by atoms with E-state index in [-0.39, 0.29) is 22.9 Å². The Morgan fingerprint density at radius 3 is 2.82 bits per heavy atom. The molecule has 116 valence electrons. The molecule has 6 N–H and O–H groups in total. The molecule has 0 aliphatic carbocycles. The van der Waals surface area contributed by atoms with Crippen LogP contribution in [0.5, 0.6) is 0 Å². The molecule has 0 bridgehead atoms. The van der Waals surface area contributed by atoms with Crippen molar-refractivity contribution in [1.82, 2.24) is 19.5 Å². The number of aromatic nitrogens is 4. The number of terminal acetylenes is 1. The summed E-state index contributed by atoms with van der Waals surface area (Å²) in [4.78, 5) is 11.7. The average molecular weight is 308 g/mol. The molecule has 0 amide bonds. The van der Waals surface area contributed by atoms with Crippen molar-refractivity contribution in [3.05, 3.63) is 6.33 Å². The van der Waals surface area contributed by atoms with Gasteiger partial charge < -0.3 is 26.4 Å². The molecule has 1 fully saturated rings. The number of imidazole rings is 1. The zero-order valence-electron chi connectivity index (χ0n) is 11.2. The summed E-state index contributed by atoms with van der Waals surface area (Å²) in [5, 5.41) is 19.3. The molecular formula is C12H13FN6O3. The fourth-order valence-corrected chi connectivity index (χ4v) is 2.41. The highest BCUT2D eigenvalue weighted by molar-refractivity contribution is 5.82. The Hall–Kier alpha value is -2.48. The van der Waals surface area contributed by atoms with Crippen LogP contribution in [0.2, 0.25) is 0 Å². The first kappa shape index (κ1) is 14.5. The van der Waals surface area contributed by atoms with Crippen LogP contribution in [-0.2, 0) is 4.74 Å². The highest BCUT2D eigenvalue weighted by Gasteiger charge is 2.55. The van der Waals surface area contributed by atoms with Gasteiger partial charge in [0.2, 0.25) is 5.95 Å². The lowest BCUT2D eigenvalue weighted by Crippen LogP contribution is -2.44. The zero-order chi connectivity index (χ0) is 16.1. The number of nitrogens with zero attached hydrogens (tertiary/aromatic N) is 4. The van der Waals surface area contributed by atoms with Crippen LogP contribution in [0.1, 0.15) is 6.23 Å². The van der Waals surface area contributed by atoms with Gasteiger partial charge in [-0.1, -0.05) is 5.92 Å². The van der Waals surface area contributed by atoms with E-state index in [2.05, 4.69) is 20.9 Å². The largest absolute Gasteiger partial charge is 0.392 e. The Balaban J connectivity index is 2.11. The normalized spacial score (nSPS) is 31.5. The predicted octanol–water partition coefficient (Wildman–Crippen LogP) is -1.42. The summed E-state index contributed by atoms with van der Waals surface area (Å²) < 4.78 is 21.0. The Kier molecular flexibility index (Phi) is 3.13. The molecule has 2 aromatic rings. The van der Waals surface area contributed by atoms with Crippen molar-refractivity contribution in [3.63, 3.8) is 0 Å². The third-order valence-electron chi connectivity index (χ3n) is 3.60. The van der Waals surface area contributed by atoms with Crippen LogP contribution in [0, 0.1) is 12.3 Å². The quantitative estimate of drug-likeness (QED) is 0.495. The smallest absolute Gasteiger partial charge is 0.224 e. The number of rotatable bonds is 2. The SMILES string of the molecule is C#CC1(CO)OC(n2cnc3c(N)nc(N)nc32)C(F)C1O. The van der Waals surface area contributed by atoms with Crippen molar-refractivity contribution in [2.45, 2.75) is 24.1 Å². The summed E-state index contributed by atoms with van der Waals surface area (Å²) in [6.07, 6.45) is 1.53. The van der Waals surface area contributed by atoms with Crippen LogP contribution in [0.25, 0.3) is 11.2 Å². The molecule has 9 nitrogen and oxygen atoms in total. The number of aliphatic hydroxyl groups is 2. The molecule has 3 heterocycles. The van der Waals surface area contributed by atoms with E-state index in [4.69, 9.17) is 22.6 Å². The summed E-state index contributed by atoms with van der Waals surface area (Å²) in [6, 6.07) is 0. The summed E-state index contributed by atoms with van der Waals surface area (Å²) in [5.74, 6) is 2.00. The molecule has 4 unspecified atom stereocenters. The highest BCUT2D eigenvalue weighted by atomic mass is 19.1. The third kappa shape index (κ3) is 1.80.